The average molecular weight is 298 g/mol. The van der Waals surface area contributed by atoms with Crippen molar-refractivity contribution in [3.63, 3.8) is 0 Å². The Morgan fingerprint density at radius 3 is 2.18 bits per heavy atom. The Morgan fingerprint density at radius 2 is 1.55 bits per heavy atom. The van der Waals surface area contributed by atoms with E-state index >= 15 is 0 Å². The maximum atomic E-state index is 12.4. The largest absolute Gasteiger partial charge is 0.493 e. The van der Waals surface area contributed by atoms with Gasteiger partial charge in [-0.2, -0.15) is 0 Å². The molecule has 3 rings (SSSR count). The first kappa shape index (κ1) is 14.1. The number of hydrogen-bond acceptors (Lipinski definition) is 5. The Morgan fingerprint density at radius 1 is 0.818 bits per heavy atom. The first-order valence-electron chi connectivity index (χ1n) is 6.64. The van der Waals surface area contributed by atoms with Gasteiger partial charge in [0.25, 0.3) is 0 Å². The summed E-state index contributed by atoms with van der Waals surface area (Å²) in [5.41, 5.74) is 0.702. The fourth-order valence-corrected chi connectivity index (χ4v) is 2.73. The smallest absolute Gasteiger partial charge is 0.228 e. The maximum Gasteiger partial charge on any atom is 0.228 e. The van der Waals surface area contributed by atoms with Crippen LogP contribution in [0.25, 0.3) is 10.8 Å². The van der Waals surface area contributed by atoms with E-state index in [1.54, 1.807) is 31.4 Å². The van der Waals surface area contributed by atoms with Gasteiger partial charge in [-0.15, -0.1) is 0 Å². The van der Waals surface area contributed by atoms with Crippen LogP contribution < -0.4 is 9.47 Å². The summed E-state index contributed by atoms with van der Waals surface area (Å²) in [7, 11) is 4.45. The highest BCUT2D eigenvalue weighted by atomic mass is 16.5. The molecule has 0 saturated carbocycles. The van der Waals surface area contributed by atoms with Gasteiger partial charge in [0.15, 0.2) is 23.0 Å². The van der Waals surface area contributed by atoms with E-state index in [-0.39, 0.29) is 17.3 Å². The van der Waals surface area contributed by atoms with Crippen molar-refractivity contribution in [3.05, 3.63) is 47.2 Å². The summed E-state index contributed by atoms with van der Waals surface area (Å²) in [6, 6.07) is 6.84. The lowest BCUT2D eigenvalue weighted by Crippen LogP contribution is -2.18. The van der Waals surface area contributed by atoms with Gasteiger partial charge in [-0.3, -0.25) is 9.59 Å². The molecule has 1 aliphatic rings. The summed E-state index contributed by atoms with van der Waals surface area (Å²) in [6.45, 7) is 0. The predicted octanol–water partition coefficient (Wildman–Crippen LogP) is 2.77. The van der Waals surface area contributed by atoms with Crippen molar-refractivity contribution in [3.8, 4) is 11.5 Å². The third kappa shape index (κ3) is 1.86. The molecule has 0 amide bonds. The fraction of sp³-hybridized carbons (Fsp3) is 0.176. The molecule has 2 aromatic carbocycles. The Kier molecular flexibility index (Phi) is 3.33. The average Bonchev–Trinajstić information content (AvgIpc) is 2.55. The summed E-state index contributed by atoms with van der Waals surface area (Å²) < 4.78 is 15.6. The molecule has 0 spiro atoms. The molecular weight excluding hydrogens is 284 g/mol. The van der Waals surface area contributed by atoms with Gasteiger partial charge >= 0.3 is 0 Å². The van der Waals surface area contributed by atoms with Crippen molar-refractivity contribution in [2.45, 2.75) is 0 Å². The lowest BCUT2D eigenvalue weighted by molar-refractivity contribution is 0.0917. The zero-order valence-electron chi connectivity index (χ0n) is 12.4. The zero-order chi connectivity index (χ0) is 15.9. The van der Waals surface area contributed by atoms with Gasteiger partial charge in [-0.25, -0.2) is 0 Å². The number of rotatable bonds is 3. The molecular formula is C17H14O5. The highest BCUT2D eigenvalue weighted by molar-refractivity contribution is 6.28. The summed E-state index contributed by atoms with van der Waals surface area (Å²) in [5, 5.41) is 1.37. The number of carbonyl (C=O) groups excluding carboxylic acids is 2. The molecule has 0 heterocycles. The quantitative estimate of drug-likeness (QED) is 0.872. The number of methoxy groups -OCH3 is 3. The van der Waals surface area contributed by atoms with Gasteiger partial charge in [0.1, 0.15) is 0 Å². The zero-order valence-corrected chi connectivity index (χ0v) is 12.4. The maximum absolute atomic E-state index is 12.4. The van der Waals surface area contributed by atoms with Crippen molar-refractivity contribution in [2.24, 2.45) is 0 Å². The normalized spacial score (nSPS) is 13.7. The molecule has 0 aromatic heterocycles. The van der Waals surface area contributed by atoms with Crippen molar-refractivity contribution in [1.82, 2.24) is 0 Å². The highest BCUT2D eigenvalue weighted by Gasteiger charge is 2.29. The molecule has 22 heavy (non-hydrogen) atoms. The van der Waals surface area contributed by atoms with E-state index in [1.807, 2.05) is 0 Å². The van der Waals surface area contributed by atoms with Crippen molar-refractivity contribution in [1.29, 1.82) is 0 Å². The number of allylic oxidation sites excluding steroid dienone is 2. The van der Waals surface area contributed by atoms with Gasteiger partial charge < -0.3 is 14.2 Å². The monoisotopic (exact) mass is 298 g/mol. The van der Waals surface area contributed by atoms with Crippen LogP contribution in [0.1, 0.15) is 20.7 Å². The number of carbonyl (C=O) groups is 2. The summed E-state index contributed by atoms with van der Waals surface area (Å²) >= 11 is 0. The molecule has 0 bridgehead atoms. The second-order valence-corrected chi connectivity index (χ2v) is 4.79. The van der Waals surface area contributed by atoms with E-state index in [0.29, 0.717) is 28.0 Å². The molecule has 5 nitrogen and oxygen atoms in total. The van der Waals surface area contributed by atoms with Crippen LogP contribution in [0.15, 0.2) is 36.1 Å². The van der Waals surface area contributed by atoms with Crippen LogP contribution in [0.2, 0.25) is 0 Å². The summed E-state index contributed by atoms with van der Waals surface area (Å²) in [5.74, 6) is 0.595. The number of Topliss-reactive ketones (excluding diaryl/α,β-unsaturated/α-hetero) is 1. The number of benzene rings is 2. The molecule has 0 aliphatic heterocycles. The molecule has 0 atom stereocenters. The highest BCUT2D eigenvalue weighted by Crippen LogP contribution is 2.39. The van der Waals surface area contributed by atoms with Crippen LogP contribution >= 0.6 is 0 Å². The second-order valence-electron chi connectivity index (χ2n) is 4.79. The topological polar surface area (TPSA) is 61.8 Å². The summed E-state index contributed by atoms with van der Waals surface area (Å²) in [6.07, 6.45) is 1.22. The van der Waals surface area contributed by atoms with E-state index < -0.39 is 0 Å². The van der Waals surface area contributed by atoms with Crippen molar-refractivity contribution < 1.29 is 23.8 Å². The predicted molar refractivity (Wildman–Crippen MR) is 80.8 cm³/mol. The van der Waals surface area contributed by atoms with Gasteiger partial charge in [-0.05, 0) is 29.7 Å². The van der Waals surface area contributed by atoms with E-state index in [9.17, 15) is 9.59 Å². The van der Waals surface area contributed by atoms with Gasteiger partial charge in [-0.1, -0.05) is 0 Å². The first-order valence-corrected chi connectivity index (χ1v) is 6.64. The van der Waals surface area contributed by atoms with E-state index in [2.05, 4.69) is 0 Å². The number of ether oxygens (including phenoxy) is 3. The van der Waals surface area contributed by atoms with Crippen LogP contribution in [-0.4, -0.2) is 32.9 Å². The van der Waals surface area contributed by atoms with Crippen molar-refractivity contribution >= 4 is 22.3 Å². The molecule has 0 unspecified atom stereocenters. The molecule has 0 fully saturated rings. The van der Waals surface area contributed by atoms with Gasteiger partial charge in [0, 0.05) is 22.6 Å². The summed E-state index contributed by atoms with van der Waals surface area (Å²) in [4.78, 5) is 24.7. The Balaban J connectivity index is 2.35. The first-order chi connectivity index (χ1) is 10.6. The minimum atomic E-state index is -0.297. The molecule has 2 aromatic rings. The number of ketones is 2. The fourth-order valence-electron chi connectivity index (χ4n) is 2.73. The Bertz CT molecular complexity index is 833. The number of fused-ring (bicyclic) bond motifs is 3. The lowest BCUT2D eigenvalue weighted by atomic mass is 9.88. The minimum absolute atomic E-state index is 0.0531. The van der Waals surface area contributed by atoms with Gasteiger partial charge in [0.2, 0.25) is 5.78 Å². The van der Waals surface area contributed by atoms with Crippen molar-refractivity contribution in [2.75, 3.05) is 21.3 Å². The van der Waals surface area contributed by atoms with Crippen LogP contribution in [0.3, 0.4) is 0 Å². The van der Waals surface area contributed by atoms with Crippen LogP contribution in [0.5, 0.6) is 11.5 Å². The SMILES string of the molecule is COC1=CC(=O)c2c(ccc3c(OC)c(OC)ccc23)C1=O. The second kappa shape index (κ2) is 5.18. The van der Waals surface area contributed by atoms with Crippen LogP contribution in [0, 0.1) is 0 Å². The van der Waals surface area contributed by atoms with Crippen LogP contribution in [-0.2, 0) is 4.74 Å². The third-order valence-electron chi connectivity index (χ3n) is 3.74. The molecule has 5 heteroatoms. The molecule has 0 N–H and O–H groups in total. The standard InChI is InChI=1S/C17H14O5/c1-20-13-7-6-9-10(17(13)22-3)4-5-11-15(9)12(18)8-14(21-2)16(11)19/h4-8H,1-3H3. The third-order valence-corrected chi connectivity index (χ3v) is 3.74. The van der Waals surface area contributed by atoms with E-state index in [0.717, 1.165) is 5.39 Å². The number of hydrogen-bond donors (Lipinski definition) is 0. The minimum Gasteiger partial charge on any atom is -0.493 e. The van der Waals surface area contributed by atoms with E-state index in [4.69, 9.17) is 14.2 Å². The van der Waals surface area contributed by atoms with E-state index in [1.165, 1.54) is 20.3 Å². The lowest BCUT2D eigenvalue weighted by Gasteiger charge is -2.18. The van der Waals surface area contributed by atoms with Crippen LogP contribution in [0.4, 0.5) is 0 Å². The molecule has 0 saturated heterocycles. The molecule has 112 valence electrons. The van der Waals surface area contributed by atoms with Gasteiger partial charge in [0.05, 0.1) is 21.3 Å². The Labute approximate surface area is 127 Å². The molecule has 1 aliphatic carbocycles. The Hall–Kier alpha value is -2.82. The molecule has 0 radical (unpaired) electrons.